The lowest BCUT2D eigenvalue weighted by atomic mass is 10.0. The van der Waals surface area contributed by atoms with Crippen LogP contribution in [0.3, 0.4) is 0 Å². The van der Waals surface area contributed by atoms with Crippen molar-refractivity contribution in [3.05, 3.63) is 82.6 Å². The number of nitrogens with one attached hydrogen (secondary N) is 1. The Kier molecular flexibility index (Phi) is 8.05. The van der Waals surface area contributed by atoms with Crippen molar-refractivity contribution in [1.82, 2.24) is 25.5 Å². The predicted molar refractivity (Wildman–Crippen MR) is 137 cm³/mol. The van der Waals surface area contributed by atoms with Gasteiger partial charge in [0.05, 0.1) is 5.56 Å². The number of benzene rings is 2. The van der Waals surface area contributed by atoms with Crippen LogP contribution in [-0.2, 0) is 22.3 Å². The Morgan fingerprint density at radius 2 is 1.82 bits per heavy atom. The highest BCUT2D eigenvalue weighted by Gasteiger charge is 2.36. The summed E-state index contributed by atoms with van der Waals surface area (Å²) in [4.78, 5) is 29.2. The first-order valence-corrected chi connectivity index (χ1v) is 12.2. The number of alkyl halides is 3. The SMILES string of the molecule is Cc1ccc(-c2nnn(CC(=O)N(c3cccc(C(F)(F)F)c3)C(C(=O)NC(C)C)c3ccc(Cl)cc3)n2)o1. The van der Waals surface area contributed by atoms with Crippen molar-refractivity contribution >= 4 is 29.1 Å². The first-order chi connectivity index (χ1) is 18.4. The molecule has 13 heteroatoms. The molecule has 0 aliphatic carbocycles. The number of halogens is 4. The van der Waals surface area contributed by atoms with Gasteiger partial charge in [0, 0.05) is 16.8 Å². The number of tetrazole rings is 1. The summed E-state index contributed by atoms with van der Waals surface area (Å²) in [5.74, 6) is -0.288. The third kappa shape index (κ3) is 6.63. The van der Waals surface area contributed by atoms with E-state index in [1.165, 1.54) is 36.4 Å². The Bertz CT molecular complexity index is 1470. The van der Waals surface area contributed by atoms with Crippen molar-refractivity contribution in [3.8, 4) is 11.6 Å². The average Bonchev–Trinajstić information content (AvgIpc) is 3.51. The molecule has 2 aromatic heterocycles. The molecule has 0 saturated carbocycles. The maximum absolute atomic E-state index is 13.8. The lowest BCUT2D eigenvalue weighted by molar-refractivity contribution is -0.137. The highest BCUT2D eigenvalue weighted by molar-refractivity contribution is 6.30. The summed E-state index contributed by atoms with van der Waals surface area (Å²) in [7, 11) is 0. The summed E-state index contributed by atoms with van der Waals surface area (Å²) in [6.45, 7) is 4.67. The molecule has 1 N–H and O–H groups in total. The van der Waals surface area contributed by atoms with Gasteiger partial charge in [0.15, 0.2) is 5.76 Å². The molecule has 39 heavy (non-hydrogen) atoms. The van der Waals surface area contributed by atoms with Gasteiger partial charge < -0.3 is 9.73 Å². The van der Waals surface area contributed by atoms with Crippen molar-refractivity contribution in [2.45, 2.75) is 45.6 Å². The number of hydrogen-bond donors (Lipinski definition) is 1. The second-order valence-electron chi connectivity index (χ2n) is 8.98. The lowest BCUT2D eigenvalue weighted by Gasteiger charge is -2.32. The van der Waals surface area contributed by atoms with E-state index in [-0.39, 0.29) is 17.6 Å². The van der Waals surface area contributed by atoms with E-state index in [4.69, 9.17) is 16.0 Å². The smallest absolute Gasteiger partial charge is 0.416 e. The monoisotopic (exact) mass is 560 g/mol. The van der Waals surface area contributed by atoms with Crippen LogP contribution < -0.4 is 10.2 Å². The summed E-state index contributed by atoms with van der Waals surface area (Å²) >= 11 is 6.03. The predicted octanol–water partition coefficient (Wildman–Crippen LogP) is 5.21. The van der Waals surface area contributed by atoms with E-state index >= 15 is 0 Å². The zero-order valence-corrected chi connectivity index (χ0v) is 21.9. The van der Waals surface area contributed by atoms with Crippen molar-refractivity contribution in [2.24, 2.45) is 0 Å². The Balaban J connectivity index is 1.79. The van der Waals surface area contributed by atoms with Crippen molar-refractivity contribution in [3.63, 3.8) is 0 Å². The Hall–Kier alpha value is -4.19. The van der Waals surface area contributed by atoms with Crippen LogP contribution in [0.4, 0.5) is 18.9 Å². The summed E-state index contributed by atoms with van der Waals surface area (Å²) in [6, 6.07) is 12.0. The molecule has 1 atom stereocenters. The number of hydrogen-bond acceptors (Lipinski definition) is 6. The summed E-state index contributed by atoms with van der Waals surface area (Å²) in [6.07, 6.45) is -4.68. The maximum atomic E-state index is 13.8. The van der Waals surface area contributed by atoms with E-state index in [0.29, 0.717) is 22.1 Å². The molecule has 9 nitrogen and oxygen atoms in total. The number of furan rings is 1. The van der Waals surface area contributed by atoms with Gasteiger partial charge in [-0.25, -0.2) is 0 Å². The van der Waals surface area contributed by atoms with Crippen LogP contribution >= 0.6 is 11.6 Å². The third-order valence-electron chi connectivity index (χ3n) is 5.53. The van der Waals surface area contributed by atoms with Gasteiger partial charge in [0.1, 0.15) is 18.3 Å². The van der Waals surface area contributed by atoms with E-state index in [1.807, 2.05) is 0 Å². The van der Waals surface area contributed by atoms with E-state index in [9.17, 15) is 22.8 Å². The fraction of sp³-hybridized carbons (Fsp3) is 0.269. The Morgan fingerprint density at radius 3 is 2.44 bits per heavy atom. The molecule has 4 rings (SSSR count). The van der Waals surface area contributed by atoms with Crippen LogP contribution in [0.5, 0.6) is 0 Å². The number of carbonyl (C=O) groups is 2. The summed E-state index contributed by atoms with van der Waals surface area (Å²) < 4.78 is 46.3. The van der Waals surface area contributed by atoms with Gasteiger partial charge in [-0.2, -0.15) is 18.0 Å². The molecule has 0 fully saturated rings. The zero-order chi connectivity index (χ0) is 28.3. The standard InChI is InChI=1S/C26H24ClF3N6O3/c1-15(2)31-25(38)23(17-8-10-19(27)11-9-17)36(20-6-4-5-18(13-20)26(28,29)30)22(37)14-35-33-24(32-34-35)21-12-7-16(3)39-21/h4-13,15,23H,14H2,1-3H3,(H,31,38). The first kappa shape index (κ1) is 27.8. The largest absolute Gasteiger partial charge is 0.458 e. The molecule has 204 valence electrons. The van der Waals surface area contributed by atoms with Crippen LogP contribution in [0.15, 0.2) is 65.1 Å². The van der Waals surface area contributed by atoms with Gasteiger partial charge in [0.2, 0.25) is 11.7 Å². The number of rotatable bonds is 8. The molecule has 0 radical (unpaired) electrons. The zero-order valence-electron chi connectivity index (χ0n) is 21.1. The minimum atomic E-state index is -4.68. The quantitative estimate of drug-likeness (QED) is 0.317. The van der Waals surface area contributed by atoms with Crippen LogP contribution in [0.25, 0.3) is 11.6 Å². The molecular formula is C26H24ClF3N6O3. The molecule has 0 aliphatic rings. The van der Waals surface area contributed by atoms with Crippen molar-refractivity contribution < 1.29 is 27.2 Å². The summed E-state index contributed by atoms with van der Waals surface area (Å²) in [5.41, 5.74) is -0.788. The second-order valence-corrected chi connectivity index (χ2v) is 9.42. The maximum Gasteiger partial charge on any atom is 0.416 e. The minimum Gasteiger partial charge on any atom is -0.458 e. The van der Waals surface area contributed by atoms with Crippen molar-refractivity contribution in [2.75, 3.05) is 4.90 Å². The fourth-order valence-electron chi connectivity index (χ4n) is 3.86. The van der Waals surface area contributed by atoms with Gasteiger partial charge in [-0.05, 0) is 74.0 Å². The molecule has 2 amide bonds. The van der Waals surface area contributed by atoms with Gasteiger partial charge >= 0.3 is 6.18 Å². The fourth-order valence-corrected chi connectivity index (χ4v) is 3.98. The van der Waals surface area contributed by atoms with E-state index in [2.05, 4.69) is 20.7 Å². The highest BCUT2D eigenvalue weighted by atomic mass is 35.5. The number of carbonyl (C=O) groups excluding carboxylic acids is 2. The molecule has 0 bridgehead atoms. The van der Waals surface area contributed by atoms with Crippen LogP contribution in [0, 0.1) is 6.92 Å². The normalized spacial score (nSPS) is 12.4. The number of nitrogens with zero attached hydrogens (tertiary/aromatic N) is 5. The van der Waals surface area contributed by atoms with Crippen molar-refractivity contribution in [1.29, 1.82) is 0 Å². The number of aromatic nitrogens is 4. The van der Waals surface area contributed by atoms with E-state index in [1.54, 1.807) is 32.9 Å². The minimum absolute atomic E-state index is 0.119. The Morgan fingerprint density at radius 1 is 1.10 bits per heavy atom. The number of anilines is 1. The van der Waals surface area contributed by atoms with Gasteiger partial charge in [-0.15, -0.1) is 10.2 Å². The molecular weight excluding hydrogens is 537 g/mol. The highest BCUT2D eigenvalue weighted by Crippen LogP contribution is 2.35. The molecule has 1 unspecified atom stereocenters. The van der Waals surface area contributed by atoms with Gasteiger partial charge in [0.25, 0.3) is 5.91 Å². The van der Waals surface area contributed by atoms with Crippen LogP contribution in [-0.4, -0.2) is 38.1 Å². The molecule has 0 aliphatic heterocycles. The van der Waals surface area contributed by atoms with Crippen LogP contribution in [0.1, 0.15) is 36.8 Å². The molecule has 4 aromatic rings. The first-order valence-electron chi connectivity index (χ1n) is 11.8. The van der Waals surface area contributed by atoms with Gasteiger partial charge in [-0.1, -0.05) is 29.8 Å². The summed E-state index contributed by atoms with van der Waals surface area (Å²) in [5, 5.41) is 15.1. The second kappa shape index (κ2) is 11.3. The lowest BCUT2D eigenvalue weighted by Crippen LogP contribution is -2.47. The molecule has 2 aromatic carbocycles. The molecule has 2 heterocycles. The van der Waals surface area contributed by atoms with Gasteiger partial charge in [-0.3, -0.25) is 14.5 Å². The average molecular weight is 561 g/mol. The number of amides is 2. The van der Waals surface area contributed by atoms with Crippen LogP contribution in [0.2, 0.25) is 5.02 Å². The third-order valence-corrected chi connectivity index (χ3v) is 5.79. The number of aryl methyl sites for hydroxylation is 1. The topological polar surface area (TPSA) is 106 Å². The molecule has 0 saturated heterocycles. The Labute approximate surface area is 226 Å². The van der Waals surface area contributed by atoms with E-state index < -0.39 is 36.1 Å². The van der Waals surface area contributed by atoms with E-state index in [0.717, 1.165) is 21.8 Å². The molecule has 0 spiro atoms.